The molecule has 4 heterocycles. The molecule has 8 rings (SSSR count). The number of rotatable bonds is 7. The Bertz CT molecular complexity index is 2630. The van der Waals surface area contributed by atoms with Crippen LogP contribution in [0.3, 0.4) is 0 Å². The van der Waals surface area contributed by atoms with Crippen LogP contribution in [0.5, 0.6) is 0 Å². The van der Waals surface area contributed by atoms with Gasteiger partial charge in [-0.2, -0.15) is 28.8 Å². The van der Waals surface area contributed by atoms with Crippen LogP contribution in [0.1, 0.15) is 52.7 Å². The van der Waals surface area contributed by atoms with Gasteiger partial charge in [0, 0.05) is 80.8 Å². The fourth-order valence-corrected chi connectivity index (χ4v) is 7.46. The van der Waals surface area contributed by atoms with E-state index in [1.807, 2.05) is 114 Å². The SMILES string of the molecule is CC(C)(C)OC(=O)N1CCN(Cc2ccc3nncc(-c4ccccc4)c3c2)CC1.CC(C)(C)OC(=O)N1CCNCC1.CS(=O)(=O)OCc1ccc2nncc(-c3ccccc3)c2c1. The third kappa shape index (κ3) is 15.0. The fourth-order valence-electron chi connectivity index (χ4n) is 7.11. The first-order valence-corrected chi connectivity index (χ1v) is 23.6. The summed E-state index contributed by atoms with van der Waals surface area (Å²) < 4.78 is 37.8. The lowest BCUT2D eigenvalue weighted by atomic mass is 10.0. The van der Waals surface area contributed by atoms with Crippen molar-refractivity contribution in [3.63, 3.8) is 0 Å². The molecule has 0 spiro atoms. The fraction of sp³-hybridized carbons (Fsp3) is 0.388. The Morgan fingerprint density at radius 1 is 0.615 bits per heavy atom. The van der Waals surface area contributed by atoms with Gasteiger partial charge in [0.1, 0.15) is 11.2 Å². The van der Waals surface area contributed by atoms with E-state index in [9.17, 15) is 18.0 Å². The monoisotopic (exact) mass is 904 g/mol. The van der Waals surface area contributed by atoms with Crippen molar-refractivity contribution >= 4 is 44.1 Å². The summed E-state index contributed by atoms with van der Waals surface area (Å²) in [6.07, 6.45) is 4.16. The minimum Gasteiger partial charge on any atom is -0.444 e. The number of fused-ring (bicyclic) bond motifs is 2. The van der Waals surface area contributed by atoms with E-state index in [1.54, 1.807) is 22.1 Å². The lowest BCUT2D eigenvalue weighted by Crippen LogP contribution is -2.49. The van der Waals surface area contributed by atoms with Gasteiger partial charge in [0.25, 0.3) is 10.1 Å². The molecular weight excluding hydrogens is 845 g/mol. The Hall–Kier alpha value is -6.07. The molecule has 2 amide bonds. The molecule has 16 heteroatoms. The van der Waals surface area contributed by atoms with Crippen LogP contribution < -0.4 is 5.32 Å². The molecule has 0 saturated carbocycles. The molecular formula is C49H60N8O7S. The van der Waals surface area contributed by atoms with Gasteiger partial charge in [-0.25, -0.2) is 9.59 Å². The highest BCUT2D eigenvalue weighted by Crippen LogP contribution is 2.29. The summed E-state index contributed by atoms with van der Waals surface area (Å²) in [6, 6.07) is 32.0. The van der Waals surface area contributed by atoms with Crippen LogP contribution in [-0.4, -0.2) is 126 Å². The van der Waals surface area contributed by atoms with Crippen molar-refractivity contribution in [3.05, 3.63) is 121 Å². The van der Waals surface area contributed by atoms with Crippen molar-refractivity contribution in [2.45, 2.75) is 65.9 Å². The van der Waals surface area contributed by atoms with Crippen molar-refractivity contribution in [2.75, 3.05) is 58.6 Å². The second-order valence-electron chi connectivity index (χ2n) is 17.9. The quantitative estimate of drug-likeness (QED) is 0.153. The number of ether oxygens (including phenoxy) is 2. The van der Waals surface area contributed by atoms with E-state index in [2.05, 4.69) is 54.9 Å². The number of hydrogen-bond acceptors (Lipinski definition) is 13. The molecule has 0 atom stereocenters. The van der Waals surface area contributed by atoms with Crippen molar-refractivity contribution in [1.29, 1.82) is 0 Å². The number of nitrogens with zero attached hydrogens (tertiary/aromatic N) is 7. The first kappa shape index (κ1) is 48.4. The second-order valence-corrected chi connectivity index (χ2v) is 19.5. The average molecular weight is 905 g/mol. The van der Waals surface area contributed by atoms with E-state index < -0.39 is 15.7 Å². The predicted octanol–water partition coefficient (Wildman–Crippen LogP) is 7.95. The molecule has 0 radical (unpaired) electrons. The van der Waals surface area contributed by atoms with Gasteiger partial charge in [0.05, 0.1) is 36.3 Å². The average Bonchev–Trinajstić information content (AvgIpc) is 3.28. The zero-order chi connectivity index (χ0) is 46.6. The zero-order valence-electron chi connectivity index (χ0n) is 38.4. The summed E-state index contributed by atoms with van der Waals surface area (Å²) in [6.45, 7) is 18.4. The highest BCUT2D eigenvalue weighted by Gasteiger charge is 2.26. The van der Waals surface area contributed by atoms with Crippen LogP contribution in [0.25, 0.3) is 44.1 Å². The molecule has 0 aliphatic carbocycles. The summed E-state index contributed by atoms with van der Waals surface area (Å²) in [4.78, 5) is 29.7. The van der Waals surface area contributed by atoms with Gasteiger partial charge >= 0.3 is 12.2 Å². The van der Waals surface area contributed by atoms with Crippen LogP contribution in [0.2, 0.25) is 0 Å². The van der Waals surface area contributed by atoms with Crippen LogP contribution in [0, 0.1) is 0 Å². The normalized spacial score (nSPS) is 14.8. The lowest BCUT2D eigenvalue weighted by Gasteiger charge is -2.35. The summed E-state index contributed by atoms with van der Waals surface area (Å²) in [7, 11) is -3.47. The standard InChI is InChI=1S/C24H28N4O2.C16H14N2O3S.C9H18N2O2/c1-24(2,3)30-23(29)28-13-11-27(12-14-28)17-18-9-10-22-20(15-18)21(16-25-26-22)19-7-5-4-6-8-19;1-22(19,20)21-11-12-7-8-16-14(9-12)15(10-17-18-16)13-5-3-2-4-6-13;1-9(2,3)13-8(12)11-6-4-10-5-7-11/h4-10,15-16H,11-14,17H2,1-3H3;2-10H,11H2,1H3;10H,4-7H2,1-3H3. The smallest absolute Gasteiger partial charge is 0.410 e. The highest BCUT2D eigenvalue weighted by atomic mass is 32.2. The summed E-state index contributed by atoms with van der Waals surface area (Å²) in [5, 5.41) is 21.8. The topological polar surface area (TPSA) is 169 Å². The number of nitrogens with one attached hydrogen (secondary N) is 1. The molecule has 0 bridgehead atoms. The predicted molar refractivity (Wildman–Crippen MR) is 253 cm³/mol. The number of benzene rings is 4. The largest absolute Gasteiger partial charge is 0.444 e. The molecule has 344 valence electrons. The zero-order valence-corrected chi connectivity index (χ0v) is 39.2. The van der Waals surface area contributed by atoms with Gasteiger partial charge in [-0.1, -0.05) is 72.8 Å². The van der Waals surface area contributed by atoms with Gasteiger partial charge in [0.15, 0.2) is 0 Å². The molecule has 6 aromatic rings. The van der Waals surface area contributed by atoms with Gasteiger partial charge in [-0.05, 0) is 88.1 Å². The van der Waals surface area contributed by atoms with E-state index in [4.69, 9.17) is 13.7 Å². The first-order chi connectivity index (χ1) is 30.9. The van der Waals surface area contributed by atoms with Crippen LogP contribution in [-0.2, 0) is 36.9 Å². The Morgan fingerprint density at radius 3 is 1.52 bits per heavy atom. The van der Waals surface area contributed by atoms with E-state index in [0.29, 0.717) is 13.1 Å². The highest BCUT2D eigenvalue weighted by molar-refractivity contribution is 7.85. The van der Waals surface area contributed by atoms with Crippen molar-refractivity contribution in [2.24, 2.45) is 0 Å². The van der Waals surface area contributed by atoms with Gasteiger partial charge in [-0.3, -0.25) is 9.08 Å². The van der Waals surface area contributed by atoms with Gasteiger partial charge < -0.3 is 24.6 Å². The van der Waals surface area contributed by atoms with E-state index >= 15 is 0 Å². The molecule has 2 fully saturated rings. The Labute approximate surface area is 382 Å². The number of carbonyl (C=O) groups is 2. The Balaban J connectivity index is 0.000000175. The molecule has 4 aromatic carbocycles. The molecule has 1 N–H and O–H groups in total. The van der Waals surface area contributed by atoms with Crippen molar-refractivity contribution in [1.82, 2.24) is 40.4 Å². The molecule has 2 aliphatic rings. The first-order valence-electron chi connectivity index (χ1n) is 21.7. The Morgan fingerprint density at radius 2 is 1.06 bits per heavy atom. The lowest BCUT2D eigenvalue weighted by molar-refractivity contribution is 0.0138. The molecule has 15 nitrogen and oxygen atoms in total. The molecule has 2 saturated heterocycles. The maximum Gasteiger partial charge on any atom is 0.410 e. The number of hydrogen-bond donors (Lipinski definition) is 1. The number of amides is 2. The summed E-state index contributed by atoms with van der Waals surface area (Å²) >= 11 is 0. The van der Waals surface area contributed by atoms with E-state index in [-0.39, 0.29) is 24.4 Å². The molecule has 2 aromatic heterocycles. The molecule has 0 unspecified atom stereocenters. The van der Waals surface area contributed by atoms with E-state index in [0.717, 1.165) is 102 Å². The second kappa shape index (κ2) is 21.7. The number of piperazine rings is 2. The minimum absolute atomic E-state index is 0.00528. The maximum absolute atomic E-state index is 12.3. The molecule has 65 heavy (non-hydrogen) atoms. The third-order valence-electron chi connectivity index (χ3n) is 10.2. The van der Waals surface area contributed by atoms with Crippen molar-refractivity contribution < 1.29 is 31.7 Å². The van der Waals surface area contributed by atoms with Gasteiger partial charge in [0.2, 0.25) is 0 Å². The minimum atomic E-state index is -3.47. The third-order valence-corrected chi connectivity index (χ3v) is 10.8. The summed E-state index contributed by atoms with van der Waals surface area (Å²) in [5.74, 6) is 0. The van der Waals surface area contributed by atoms with Crippen LogP contribution in [0.15, 0.2) is 109 Å². The number of aromatic nitrogens is 4. The van der Waals surface area contributed by atoms with Gasteiger partial charge in [-0.15, -0.1) is 0 Å². The Kier molecular flexibility index (Phi) is 16.2. The van der Waals surface area contributed by atoms with Crippen LogP contribution in [0.4, 0.5) is 9.59 Å². The molecule has 2 aliphatic heterocycles. The summed E-state index contributed by atoms with van der Waals surface area (Å²) in [5.41, 5.74) is 7.02. The van der Waals surface area contributed by atoms with E-state index in [1.165, 1.54) is 5.56 Å². The van der Waals surface area contributed by atoms with Crippen LogP contribution >= 0.6 is 0 Å². The maximum atomic E-state index is 12.3. The number of carbonyl (C=O) groups excluding carboxylic acids is 2. The van der Waals surface area contributed by atoms with Crippen molar-refractivity contribution in [3.8, 4) is 22.3 Å².